The van der Waals surface area contributed by atoms with Crippen molar-refractivity contribution in [3.8, 4) is 0 Å². The standard InChI is InChI=1S/C10H13N3O2.ClH/c11-10(14)9-7-8(1-2-12-9)13-3-5-15-6-4-13;/h1-2,7H,3-6H2,(H2,11,14);1H. The molecule has 2 N–H and O–H groups in total. The molecule has 1 aromatic rings. The number of anilines is 1. The van der Waals surface area contributed by atoms with Gasteiger partial charge in [-0.1, -0.05) is 0 Å². The molecule has 0 radical (unpaired) electrons. The summed E-state index contributed by atoms with van der Waals surface area (Å²) < 4.78 is 5.25. The van der Waals surface area contributed by atoms with Gasteiger partial charge in [-0.3, -0.25) is 9.78 Å². The van der Waals surface area contributed by atoms with Gasteiger partial charge in [-0.25, -0.2) is 0 Å². The van der Waals surface area contributed by atoms with E-state index in [1.54, 1.807) is 12.3 Å². The fourth-order valence-electron chi connectivity index (χ4n) is 1.57. The molecule has 1 aromatic heterocycles. The zero-order valence-corrected chi connectivity index (χ0v) is 9.57. The van der Waals surface area contributed by atoms with Crippen molar-refractivity contribution in [2.75, 3.05) is 31.2 Å². The van der Waals surface area contributed by atoms with Crippen molar-refractivity contribution >= 4 is 24.0 Å². The summed E-state index contributed by atoms with van der Waals surface area (Å²) in [5.41, 5.74) is 6.45. The smallest absolute Gasteiger partial charge is 0.267 e. The van der Waals surface area contributed by atoms with E-state index in [2.05, 4.69) is 9.88 Å². The van der Waals surface area contributed by atoms with E-state index in [4.69, 9.17) is 10.5 Å². The number of rotatable bonds is 2. The zero-order chi connectivity index (χ0) is 10.7. The average Bonchev–Trinajstić information content (AvgIpc) is 2.30. The van der Waals surface area contributed by atoms with Crippen molar-refractivity contribution in [3.05, 3.63) is 24.0 Å². The molecule has 1 fully saturated rings. The van der Waals surface area contributed by atoms with Crippen molar-refractivity contribution in [2.45, 2.75) is 0 Å². The Balaban J connectivity index is 0.00000128. The predicted molar refractivity (Wildman–Crippen MR) is 63.0 cm³/mol. The Morgan fingerprint density at radius 3 is 2.75 bits per heavy atom. The molecule has 0 aliphatic carbocycles. The molecule has 1 aliphatic heterocycles. The molecule has 0 spiro atoms. The van der Waals surface area contributed by atoms with Gasteiger partial charge in [0.05, 0.1) is 13.2 Å². The van der Waals surface area contributed by atoms with Crippen molar-refractivity contribution in [3.63, 3.8) is 0 Å². The number of aromatic nitrogens is 1. The number of nitrogens with two attached hydrogens (primary N) is 1. The molecule has 5 nitrogen and oxygen atoms in total. The highest BCUT2D eigenvalue weighted by molar-refractivity contribution is 5.91. The molecular weight excluding hydrogens is 230 g/mol. The topological polar surface area (TPSA) is 68.5 Å². The fourth-order valence-corrected chi connectivity index (χ4v) is 1.57. The molecule has 2 heterocycles. The van der Waals surface area contributed by atoms with Gasteiger partial charge in [0.25, 0.3) is 5.91 Å². The van der Waals surface area contributed by atoms with Gasteiger partial charge < -0.3 is 15.4 Å². The average molecular weight is 244 g/mol. The number of ether oxygens (including phenoxy) is 1. The Hall–Kier alpha value is -1.33. The van der Waals surface area contributed by atoms with Crippen LogP contribution in [-0.2, 0) is 4.74 Å². The summed E-state index contributed by atoms with van der Waals surface area (Å²) in [4.78, 5) is 17.0. The lowest BCUT2D eigenvalue weighted by Gasteiger charge is -2.28. The highest BCUT2D eigenvalue weighted by Gasteiger charge is 2.12. The fraction of sp³-hybridized carbons (Fsp3) is 0.400. The van der Waals surface area contributed by atoms with Crippen LogP contribution in [0.2, 0.25) is 0 Å². The van der Waals surface area contributed by atoms with E-state index in [-0.39, 0.29) is 12.4 Å². The monoisotopic (exact) mass is 243 g/mol. The number of hydrogen-bond donors (Lipinski definition) is 1. The Morgan fingerprint density at radius 2 is 2.12 bits per heavy atom. The Morgan fingerprint density at radius 1 is 1.44 bits per heavy atom. The van der Waals surface area contributed by atoms with E-state index < -0.39 is 5.91 Å². The number of amides is 1. The second-order valence-corrected chi connectivity index (χ2v) is 3.36. The van der Waals surface area contributed by atoms with Crippen LogP contribution >= 0.6 is 12.4 Å². The summed E-state index contributed by atoms with van der Waals surface area (Å²) in [6, 6.07) is 3.59. The van der Waals surface area contributed by atoms with Gasteiger partial charge >= 0.3 is 0 Å². The maximum absolute atomic E-state index is 11.0. The summed E-state index contributed by atoms with van der Waals surface area (Å²) in [6.07, 6.45) is 1.60. The quantitative estimate of drug-likeness (QED) is 0.819. The van der Waals surface area contributed by atoms with E-state index in [9.17, 15) is 4.79 Å². The number of pyridine rings is 1. The maximum Gasteiger partial charge on any atom is 0.267 e. The molecule has 88 valence electrons. The normalized spacial score (nSPS) is 15.4. The van der Waals surface area contributed by atoms with E-state index in [0.29, 0.717) is 18.9 Å². The SMILES string of the molecule is Cl.NC(=O)c1cc(N2CCOCC2)ccn1. The van der Waals surface area contributed by atoms with E-state index in [1.807, 2.05) is 6.07 Å². The van der Waals surface area contributed by atoms with Crippen LogP contribution in [0.5, 0.6) is 0 Å². The van der Waals surface area contributed by atoms with Gasteiger partial charge in [-0.05, 0) is 12.1 Å². The molecule has 0 saturated carbocycles. The predicted octanol–water partition coefficient (Wildman–Crippen LogP) is 0.439. The number of carbonyl (C=O) groups excluding carboxylic acids is 1. The number of nitrogens with zero attached hydrogens (tertiary/aromatic N) is 2. The van der Waals surface area contributed by atoms with Crippen molar-refractivity contribution in [1.29, 1.82) is 0 Å². The van der Waals surface area contributed by atoms with Crippen LogP contribution in [-0.4, -0.2) is 37.2 Å². The van der Waals surface area contributed by atoms with Crippen LogP contribution in [0.3, 0.4) is 0 Å². The van der Waals surface area contributed by atoms with Crippen molar-refractivity contribution in [1.82, 2.24) is 4.98 Å². The Kier molecular flexibility index (Phi) is 4.52. The van der Waals surface area contributed by atoms with Crippen LogP contribution < -0.4 is 10.6 Å². The van der Waals surface area contributed by atoms with Gasteiger partial charge in [0.15, 0.2) is 0 Å². The number of morpholine rings is 1. The molecule has 0 unspecified atom stereocenters. The second-order valence-electron chi connectivity index (χ2n) is 3.36. The lowest BCUT2D eigenvalue weighted by molar-refractivity contribution is 0.0995. The molecule has 1 amide bonds. The maximum atomic E-state index is 11.0. The first-order chi connectivity index (χ1) is 7.27. The summed E-state index contributed by atoms with van der Waals surface area (Å²) in [7, 11) is 0. The van der Waals surface area contributed by atoms with Gasteiger partial charge in [-0.2, -0.15) is 0 Å². The molecule has 2 rings (SSSR count). The Labute approximate surface area is 100.0 Å². The van der Waals surface area contributed by atoms with E-state index >= 15 is 0 Å². The lowest BCUT2D eigenvalue weighted by atomic mass is 10.2. The Bertz CT molecular complexity index is 367. The van der Waals surface area contributed by atoms with Gasteiger partial charge in [0, 0.05) is 25.0 Å². The molecule has 16 heavy (non-hydrogen) atoms. The lowest BCUT2D eigenvalue weighted by Crippen LogP contribution is -2.36. The summed E-state index contributed by atoms with van der Waals surface area (Å²) in [5.74, 6) is -0.495. The minimum absolute atomic E-state index is 0. The molecule has 0 aromatic carbocycles. The minimum Gasteiger partial charge on any atom is -0.378 e. The third-order valence-electron chi connectivity index (χ3n) is 2.37. The third kappa shape index (κ3) is 2.84. The van der Waals surface area contributed by atoms with Gasteiger partial charge in [0.1, 0.15) is 5.69 Å². The molecular formula is C10H14ClN3O2. The molecule has 1 saturated heterocycles. The van der Waals surface area contributed by atoms with Crippen LogP contribution in [0.15, 0.2) is 18.3 Å². The summed E-state index contributed by atoms with van der Waals surface area (Å²) in [5, 5.41) is 0. The summed E-state index contributed by atoms with van der Waals surface area (Å²) in [6.45, 7) is 3.10. The van der Waals surface area contributed by atoms with Crippen molar-refractivity contribution < 1.29 is 9.53 Å². The third-order valence-corrected chi connectivity index (χ3v) is 2.37. The number of halogens is 1. The van der Waals surface area contributed by atoms with Crippen LogP contribution in [0, 0.1) is 0 Å². The first kappa shape index (κ1) is 12.7. The van der Waals surface area contributed by atoms with E-state index in [0.717, 1.165) is 18.8 Å². The molecule has 0 bridgehead atoms. The molecule has 6 heteroatoms. The first-order valence-electron chi connectivity index (χ1n) is 4.86. The van der Waals surface area contributed by atoms with Crippen LogP contribution in [0.4, 0.5) is 5.69 Å². The highest BCUT2D eigenvalue weighted by atomic mass is 35.5. The number of carbonyl (C=O) groups is 1. The van der Waals surface area contributed by atoms with Gasteiger partial charge in [0.2, 0.25) is 0 Å². The first-order valence-corrected chi connectivity index (χ1v) is 4.86. The largest absolute Gasteiger partial charge is 0.378 e. The van der Waals surface area contributed by atoms with Crippen LogP contribution in [0.1, 0.15) is 10.5 Å². The summed E-state index contributed by atoms with van der Waals surface area (Å²) >= 11 is 0. The van der Waals surface area contributed by atoms with Crippen LogP contribution in [0.25, 0.3) is 0 Å². The highest BCUT2D eigenvalue weighted by Crippen LogP contribution is 2.15. The minimum atomic E-state index is -0.495. The van der Waals surface area contributed by atoms with E-state index in [1.165, 1.54) is 0 Å². The molecule has 1 aliphatic rings. The number of hydrogen-bond acceptors (Lipinski definition) is 4. The van der Waals surface area contributed by atoms with Gasteiger partial charge in [-0.15, -0.1) is 12.4 Å². The van der Waals surface area contributed by atoms with Crippen molar-refractivity contribution in [2.24, 2.45) is 5.73 Å². The second kappa shape index (κ2) is 5.67. The number of primary amides is 1. The zero-order valence-electron chi connectivity index (χ0n) is 8.76. The molecule has 0 atom stereocenters.